The minimum atomic E-state index is -3.63. The van der Waals surface area contributed by atoms with Crippen LogP contribution in [0.5, 0.6) is 0 Å². The van der Waals surface area contributed by atoms with E-state index in [1.165, 1.54) is 34.6 Å². The Kier molecular flexibility index (Phi) is 6.86. The van der Waals surface area contributed by atoms with Crippen molar-refractivity contribution in [2.75, 3.05) is 12.4 Å². The summed E-state index contributed by atoms with van der Waals surface area (Å²) in [7, 11) is -2.03. The zero-order valence-corrected chi connectivity index (χ0v) is 18.0. The van der Waals surface area contributed by atoms with Gasteiger partial charge in [0.05, 0.1) is 4.90 Å². The third-order valence-electron chi connectivity index (χ3n) is 5.32. The van der Waals surface area contributed by atoms with Crippen LogP contribution in [-0.4, -0.2) is 47.4 Å². The summed E-state index contributed by atoms with van der Waals surface area (Å²) in [5.74, 6) is -1.38. The Hall–Kier alpha value is -3.05. The Morgan fingerprint density at radius 3 is 2.39 bits per heavy atom. The molecule has 0 bridgehead atoms. The van der Waals surface area contributed by atoms with E-state index in [4.69, 9.17) is 5.73 Å². The predicted molar refractivity (Wildman–Crippen MR) is 114 cm³/mol. The van der Waals surface area contributed by atoms with Crippen molar-refractivity contribution in [2.24, 2.45) is 5.73 Å². The summed E-state index contributed by atoms with van der Waals surface area (Å²) in [5.41, 5.74) is 4.80. The van der Waals surface area contributed by atoms with Crippen LogP contribution in [-0.2, 0) is 21.4 Å². The normalized spacial score (nSPS) is 15.0. The fraction of sp³-hybridized carbons (Fsp3) is 0.400. The summed E-state index contributed by atoms with van der Waals surface area (Å²) in [6, 6.07) is 8.11. The van der Waals surface area contributed by atoms with Gasteiger partial charge in [0, 0.05) is 24.8 Å². The first-order valence-electron chi connectivity index (χ1n) is 9.94. The predicted octanol–water partition coefficient (Wildman–Crippen LogP) is 0.934. The summed E-state index contributed by atoms with van der Waals surface area (Å²) in [4.78, 5) is 35.4. The van der Waals surface area contributed by atoms with E-state index < -0.39 is 33.9 Å². The lowest BCUT2D eigenvalue weighted by Gasteiger charge is -2.30. The highest BCUT2D eigenvalue weighted by Crippen LogP contribution is 2.26. The van der Waals surface area contributed by atoms with Crippen molar-refractivity contribution in [3.63, 3.8) is 0 Å². The third-order valence-corrected chi connectivity index (χ3v) is 7.24. The number of hydrogen-bond acceptors (Lipinski definition) is 6. The minimum absolute atomic E-state index is 0.0000990. The van der Waals surface area contributed by atoms with Crippen molar-refractivity contribution in [3.05, 3.63) is 52.4 Å². The lowest BCUT2D eigenvalue weighted by Crippen LogP contribution is -2.38. The van der Waals surface area contributed by atoms with Gasteiger partial charge in [0.15, 0.2) is 0 Å². The van der Waals surface area contributed by atoms with Crippen LogP contribution in [0.1, 0.15) is 42.6 Å². The maximum atomic E-state index is 12.9. The maximum Gasteiger partial charge on any atom is 0.269 e. The molecule has 1 aliphatic rings. The number of primary amides is 1. The summed E-state index contributed by atoms with van der Waals surface area (Å²) in [6.07, 6.45) is 4.89. The summed E-state index contributed by atoms with van der Waals surface area (Å²) in [6.45, 7) is -0.426. The van der Waals surface area contributed by atoms with E-state index in [0.29, 0.717) is 5.69 Å². The standard InChI is InChI=1S/C20H25N5O5S/c1-24(15-5-3-2-4-6-15)31(29,30)16-9-7-14(8-10-16)22-18(26)13-25-19(27)12-11-17(23-25)20(21)28/h7-12,15H,2-6,13H2,1H3,(H2,21,28)(H,22,26). The topological polar surface area (TPSA) is 144 Å². The number of rotatable bonds is 7. The molecule has 1 aromatic carbocycles. The fourth-order valence-electron chi connectivity index (χ4n) is 3.55. The van der Waals surface area contributed by atoms with Crippen molar-refractivity contribution < 1.29 is 18.0 Å². The van der Waals surface area contributed by atoms with Crippen LogP contribution < -0.4 is 16.6 Å². The number of hydrogen-bond donors (Lipinski definition) is 2. The molecule has 1 fully saturated rings. The largest absolute Gasteiger partial charge is 0.364 e. The number of nitrogens with zero attached hydrogens (tertiary/aromatic N) is 3. The maximum absolute atomic E-state index is 12.9. The van der Waals surface area contributed by atoms with Gasteiger partial charge in [-0.05, 0) is 43.2 Å². The summed E-state index contributed by atoms with van der Waals surface area (Å²) >= 11 is 0. The van der Waals surface area contributed by atoms with Gasteiger partial charge in [0.1, 0.15) is 12.2 Å². The summed E-state index contributed by atoms with van der Waals surface area (Å²) < 4.78 is 28.0. The van der Waals surface area contributed by atoms with Gasteiger partial charge in [0.2, 0.25) is 15.9 Å². The highest BCUT2D eigenvalue weighted by atomic mass is 32.2. The van der Waals surface area contributed by atoms with Crippen molar-refractivity contribution in [1.29, 1.82) is 0 Å². The molecule has 1 aliphatic carbocycles. The molecule has 11 heteroatoms. The first kappa shape index (κ1) is 22.6. The number of carbonyl (C=O) groups excluding carboxylic acids is 2. The van der Waals surface area contributed by atoms with Gasteiger partial charge in [-0.15, -0.1) is 0 Å². The Labute approximate surface area is 180 Å². The van der Waals surface area contributed by atoms with Crippen molar-refractivity contribution >= 4 is 27.5 Å². The van der Waals surface area contributed by atoms with Crippen LogP contribution in [0, 0.1) is 0 Å². The van der Waals surface area contributed by atoms with Crippen molar-refractivity contribution in [1.82, 2.24) is 14.1 Å². The van der Waals surface area contributed by atoms with E-state index in [2.05, 4.69) is 10.4 Å². The van der Waals surface area contributed by atoms with Crippen LogP contribution in [0.2, 0.25) is 0 Å². The van der Waals surface area contributed by atoms with Gasteiger partial charge < -0.3 is 11.1 Å². The number of nitrogens with two attached hydrogens (primary N) is 1. The number of nitrogens with one attached hydrogen (secondary N) is 1. The molecule has 31 heavy (non-hydrogen) atoms. The highest BCUT2D eigenvalue weighted by molar-refractivity contribution is 7.89. The molecule has 1 aromatic heterocycles. The van der Waals surface area contributed by atoms with Gasteiger partial charge >= 0.3 is 0 Å². The van der Waals surface area contributed by atoms with Gasteiger partial charge in [-0.1, -0.05) is 19.3 Å². The lowest BCUT2D eigenvalue weighted by atomic mass is 9.96. The fourth-order valence-corrected chi connectivity index (χ4v) is 4.96. The molecule has 2 amide bonds. The molecule has 3 rings (SSSR count). The molecule has 0 saturated heterocycles. The van der Waals surface area contributed by atoms with Crippen LogP contribution in [0.25, 0.3) is 0 Å². The Balaban J connectivity index is 1.67. The zero-order chi connectivity index (χ0) is 22.6. The first-order valence-corrected chi connectivity index (χ1v) is 11.4. The molecule has 0 atom stereocenters. The van der Waals surface area contributed by atoms with E-state index in [1.54, 1.807) is 7.05 Å². The SMILES string of the molecule is CN(C1CCCCC1)S(=O)(=O)c1ccc(NC(=O)Cn2nc(C(N)=O)ccc2=O)cc1. The molecular weight excluding hydrogens is 422 g/mol. The second kappa shape index (κ2) is 9.40. The van der Waals surface area contributed by atoms with Gasteiger partial charge in [0.25, 0.3) is 11.5 Å². The van der Waals surface area contributed by atoms with Crippen molar-refractivity contribution in [3.8, 4) is 0 Å². The molecule has 3 N–H and O–H groups in total. The quantitative estimate of drug-likeness (QED) is 0.646. The van der Waals surface area contributed by atoms with Crippen LogP contribution in [0.4, 0.5) is 5.69 Å². The van der Waals surface area contributed by atoms with Crippen LogP contribution in [0.15, 0.2) is 46.1 Å². The van der Waals surface area contributed by atoms with E-state index in [0.717, 1.165) is 42.9 Å². The molecule has 1 saturated carbocycles. The average Bonchev–Trinajstić information content (AvgIpc) is 2.75. The van der Waals surface area contributed by atoms with E-state index in [1.807, 2.05) is 0 Å². The zero-order valence-electron chi connectivity index (χ0n) is 17.2. The highest BCUT2D eigenvalue weighted by Gasteiger charge is 2.28. The molecule has 2 aromatic rings. The number of benzene rings is 1. The second-order valence-corrected chi connectivity index (χ2v) is 9.46. The lowest BCUT2D eigenvalue weighted by molar-refractivity contribution is -0.117. The number of amides is 2. The second-order valence-electron chi connectivity index (χ2n) is 7.46. The summed E-state index contributed by atoms with van der Waals surface area (Å²) in [5, 5.41) is 6.32. The minimum Gasteiger partial charge on any atom is -0.364 e. The van der Waals surface area contributed by atoms with E-state index in [-0.39, 0.29) is 16.6 Å². The molecule has 10 nitrogen and oxygen atoms in total. The molecule has 0 unspecified atom stereocenters. The Morgan fingerprint density at radius 1 is 1.13 bits per heavy atom. The number of aromatic nitrogens is 2. The van der Waals surface area contributed by atoms with Gasteiger partial charge in [-0.25, -0.2) is 13.1 Å². The number of sulfonamides is 1. The number of carbonyl (C=O) groups is 2. The third kappa shape index (κ3) is 5.36. The molecule has 0 spiro atoms. The molecule has 0 radical (unpaired) electrons. The van der Waals surface area contributed by atoms with Crippen LogP contribution >= 0.6 is 0 Å². The van der Waals surface area contributed by atoms with Crippen molar-refractivity contribution in [2.45, 2.75) is 49.6 Å². The monoisotopic (exact) mass is 447 g/mol. The average molecular weight is 448 g/mol. The Morgan fingerprint density at radius 2 is 1.77 bits per heavy atom. The van der Waals surface area contributed by atoms with E-state index in [9.17, 15) is 22.8 Å². The molecule has 166 valence electrons. The first-order chi connectivity index (χ1) is 14.7. The molecular formula is C20H25N5O5S. The molecule has 0 aliphatic heterocycles. The molecule has 1 heterocycles. The number of anilines is 1. The van der Waals surface area contributed by atoms with Crippen LogP contribution in [0.3, 0.4) is 0 Å². The van der Waals surface area contributed by atoms with E-state index >= 15 is 0 Å². The van der Waals surface area contributed by atoms with Gasteiger partial charge in [-0.2, -0.15) is 9.40 Å². The van der Waals surface area contributed by atoms with Gasteiger partial charge in [-0.3, -0.25) is 14.4 Å². The smallest absolute Gasteiger partial charge is 0.269 e. The Bertz CT molecular complexity index is 1120.